The van der Waals surface area contributed by atoms with Crippen LogP contribution < -0.4 is 27.2 Å². The molecule has 188 valence electrons. The molecular formula is C25H35N7O3. The fourth-order valence-corrected chi connectivity index (χ4v) is 5.30. The number of benzene rings is 1. The SMILES string of the molecule is NCCCN1CCCC(n2cc3c(nc2=O)Nc2cc(C(=O)N4CCC[C@H](N)C4)ccc2O3)CC1. The van der Waals surface area contributed by atoms with Gasteiger partial charge in [-0.1, -0.05) is 0 Å². The normalized spacial score (nSPS) is 22.4. The Morgan fingerprint density at radius 2 is 2.00 bits per heavy atom. The first-order valence-electron chi connectivity index (χ1n) is 12.7. The van der Waals surface area contributed by atoms with Crippen molar-refractivity contribution >= 4 is 17.4 Å². The number of hydrogen-bond acceptors (Lipinski definition) is 8. The van der Waals surface area contributed by atoms with E-state index in [1.54, 1.807) is 33.9 Å². The lowest BCUT2D eigenvalue weighted by Gasteiger charge is -2.31. The molecule has 4 heterocycles. The number of anilines is 2. The zero-order chi connectivity index (χ0) is 24.4. The summed E-state index contributed by atoms with van der Waals surface area (Å²) in [7, 11) is 0. The van der Waals surface area contributed by atoms with Gasteiger partial charge in [0.1, 0.15) is 0 Å². The van der Waals surface area contributed by atoms with Gasteiger partial charge in [0, 0.05) is 37.3 Å². The van der Waals surface area contributed by atoms with Gasteiger partial charge < -0.3 is 31.3 Å². The number of fused-ring (bicyclic) bond motifs is 2. The summed E-state index contributed by atoms with van der Waals surface area (Å²) in [5.74, 6) is 1.45. The van der Waals surface area contributed by atoms with Gasteiger partial charge >= 0.3 is 5.69 Å². The van der Waals surface area contributed by atoms with Gasteiger partial charge in [-0.2, -0.15) is 4.98 Å². The van der Waals surface area contributed by atoms with E-state index in [1.165, 1.54) is 0 Å². The number of rotatable bonds is 5. The molecule has 3 aliphatic heterocycles. The number of amides is 1. The molecule has 1 aromatic heterocycles. The fourth-order valence-electron chi connectivity index (χ4n) is 5.30. The Bertz CT molecular complexity index is 1130. The maximum Gasteiger partial charge on any atom is 0.350 e. The van der Waals surface area contributed by atoms with Gasteiger partial charge in [0.2, 0.25) is 0 Å². The molecule has 10 nitrogen and oxygen atoms in total. The molecule has 5 rings (SSSR count). The maximum atomic E-state index is 13.0. The van der Waals surface area contributed by atoms with Gasteiger partial charge in [-0.25, -0.2) is 4.79 Å². The predicted molar refractivity (Wildman–Crippen MR) is 134 cm³/mol. The number of hydrogen-bond donors (Lipinski definition) is 3. The van der Waals surface area contributed by atoms with Crippen molar-refractivity contribution in [3.63, 3.8) is 0 Å². The quantitative estimate of drug-likeness (QED) is 0.504. The summed E-state index contributed by atoms with van der Waals surface area (Å²) in [6.07, 6.45) is 7.46. The highest BCUT2D eigenvalue weighted by molar-refractivity contribution is 5.96. The van der Waals surface area contributed by atoms with Crippen LogP contribution in [0.4, 0.5) is 11.5 Å². The molecule has 10 heteroatoms. The summed E-state index contributed by atoms with van der Waals surface area (Å²) < 4.78 is 7.83. The lowest BCUT2D eigenvalue weighted by molar-refractivity contribution is 0.0709. The molecule has 2 fully saturated rings. The number of nitrogens with one attached hydrogen (secondary N) is 1. The first-order chi connectivity index (χ1) is 17.0. The minimum absolute atomic E-state index is 0.0208. The highest BCUT2D eigenvalue weighted by Crippen LogP contribution is 2.41. The number of carbonyl (C=O) groups excluding carboxylic acids is 1. The predicted octanol–water partition coefficient (Wildman–Crippen LogP) is 2.03. The Morgan fingerprint density at radius 3 is 2.83 bits per heavy atom. The Morgan fingerprint density at radius 1 is 1.14 bits per heavy atom. The molecule has 35 heavy (non-hydrogen) atoms. The molecule has 0 bridgehead atoms. The van der Waals surface area contributed by atoms with E-state index in [-0.39, 0.29) is 23.7 Å². The van der Waals surface area contributed by atoms with E-state index in [0.717, 1.165) is 58.2 Å². The first kappa shape index (κ1) is 23.8. The molecule has 1 aromatic carbocycles. The lowest BCUT2D eigenvalue weighted by Crippen LogP contribution is -2.45. The number of ether oxygens (including phenoxy) is 1. The fraction of sp³-hybridized carbons (Fsp3) is 0.560. The topological polar surface area (TPSA) is 132 Å². The largest absolute Gasteiger partial charge is 0.450 e. The molecule has 0 saturated carbocycles. The number of nitrogens with zero attached hydrogens (tertiary/aromatic N) is 4. The van der Waals surface area contributed by atoms with Crippen molar-refractivity contribution in [2.24, 2.45) is 11.5 Å². The van der Waals surface area contributed by atoms with E-state index < -0.39 is 0 Å². The Hall–Kier alpha value is -2.95. The van der Waals surface area contributed by atoms with Crippen molar-refractivity contribution in [3.8, 4) is 11.5 Å². The lowest BCUT2D eigenvalue weighted by atomic mass is 10.0. The number of piperidine rings is 1. The van der Waals surface area contributed by atoms with Crippen LogP contribution in [0, 0.1) is 0 Å². The van der Waals surface area contributed by atoms with E-state index in [9.17, 15) is 9.59 Å². The summed E-state index contributed by atoms with van der Waals surface area (Å²) in [5, 5.41) is 3.20. The van der Waals surface area contributed by atoms with Crippen molar-refractivity contribution < 1.29 is 9.53 Å². The molecule has 5 N–H and O–H groups in total. The molecule has 0 aliphatic carbocycles. The highest BCUT2D eigenvalue weighted by Gasteiger charge is 2.27. The van der Waals surface area contributed by atoms with Gasteiger partial charge in [-0.05, 0) is 76.4 Å². The first-order valence-corrected chi connectivity index (χ1v) is 12.7. The number of carbonyl (C=O) groups is 1. The minimum Gasteiger partial charge on any atom is -0.450 e. The summed E-state index contributed by atoms with van der Waals surface area (Å²) >= 11 is 0. The zero-order valence-corrected chi connectivity index (χ0v) is 20.1. The molecular weight excluding hydrogens is 446 g/mol. The summed E-state index contributed by atoms with van der Waals surface area (Å²) in [4.78, 5) is 34.4. The Labute approximate surface area is 205 Å². The third-order valence-electron chi connectivity index (χ3n) is 7.22. The highest BCUT2D eigenvalue weighted by atomic mass is 16.5. The number of likely N-dealkylation sites (tertiary alicyclic amines) is 2. The van der Waals surface area contributed by atoms with Gasteiger partial charge in [0.25, 0.3) is 5.91 Å². The van der Waals surface area contributed by atoms with Crippen molar-refractivity contribution in [2.45, 2.75) is 50.6 Å². The van der Waals surface area contributed by atoms with E-state index >= 15 is 0 Å². The van der Waals surface area contributed by atoms with Crippen LogP contribution in [-0.4, -0.2) is 70.6 Å². The Kier molecular flexibility index (Phi) is 7.03. The maximum absolute atomic E-state index is 13.0. The van der Waals surface area contributed by atoms with Crippen LogP contribution in [0.15, 0.2) is 29.2 Å². The monoisotopic (exact) mass is 481 g/mol. The summed E-state index contributed by atoms with van der Waals surface area (Å²) in [5.41, 5.74) is 12.6. The molecule has 0 radical (unpaired) electrons. The molecule has 1 amide bonds. The molecule has 3 aliphatic rings. The standard InChI is InChI=1S/C25H35N7O3/c26-9-3-11-30-10-2-5-19(8-13-30)32-16-22-23(29-25(32)34)28-20-14-17(6-7-21(20)35-22)24(33)31-12-1-4-18(27)15-31/h6-7,14,16,18-19H,1-5,8-13,15,26-27H2,(H,28,29,34)/t18-,19?/m0/s1. The second-order valence-electron chi connectivity index (χ2n) is 9.80. The van der Waals surface area contributed by atoms with Crippen LogP contribution in [0.25, 0.3) is 0 Å². The second-order valence-corrected chi connectivity index (χ2v) is 9.80. The zero-order valence-electron chi connectivity index (χ0n) is 20.1. The van der Waals surface area contributed by atoms with Crippen LogP contribution in [0.2, 0.25) is 0 Å². The van der Waals surface area contributed by atoms with Crippen LogP contribution >= 0.6 is 0 Å². The van der Waals surface area contributed by atoms with E-state index in [0.29, 0.717) is 48.2 Å². The third-order valence-corrected chi connectivity index (χ3v) is 7.22. The average Bonchev–Trinajstić information content (AvgIpc) is 3.10. The average molecular weight is 482 g/mol. The van der Waals surface area contributed by atoms with Crippen molar-refractivity contribution in [1.29, 1.82) is 0 Å². The minimum atomic E-state index is -0.293. The molecule has 2 saturated heterocycles. The van der Waals surface area contributed by atoms with E-state index in [1.807, 2.05) is 0 Å². The molecule has 1 unspecified atom stereocenters. The molecule has 2 aromatic rings. The van der Waals surface area contributed by atoms with Crippen LogP contribution in [0.5, 0.6) is 11.5 Å². The number of aromatic nitrogens is 2. The number of nitrogens with two attached hydrogens (primary N) is 2. The summed E-state index contributed by atoms with van der Waals surface area (Å²) in [6, 6.07) is 5.43. The van der Waals surface area contributed by atoms with Crippen molar-refractivity contribution in [2.75, 3.05) is 44.6 Å². The van der Waals surface area contributed by atoms with Crippen LogP contribution in [0.3, 0.4) is 0 Å². The summed E-state index contributed by atoms with van der Waals surface area (Å²) in [6.45, 7) is 4.94. The van der Waals surface area contributed by atoms with Gasteiger partial charge in [-0.15, -0.1) is 0 Å². The molecule has 2 atom stereocenters. The van der Waals surface area contributed by atoms with Crippen molar-refractivity contribution in [1.82, 2.24) is 19.4 Å². The van der Waals surface area contributed by atoms with E-state index in [2.05, 4.69) is 15.2 Å². The van der Waals surface area contributed by atoms with Crippen LogP contribution in [-0.2, 0) is 0 Å². The van der Waals surface area contributed by atoms with Gasteiger partial charge in [-0.3, -0.25) is 9.36 Å². The van der Waals surface area contributed by atoms with Crippen LogP contribution in [0.1, 0.15) is 54.9 Å². The molecule has 0 spiro atoms. The third kappa shape index (κ3) is 5.19. The van der Waals surface area contributed by atoms with E-state index in [4.69, 9.17) is 16.2 Å². The smallest absolute Gasteiger partial charge is 0.350 e. The Balaban J connectivity index is 1.31. The van der Waals surface area contributed by atoms with Gasteiger partial charge in [0.05, 0.1) is 11.9 Å². The second kappa shape index (κ2) is 10.3. The van der Waals surface area contributed by atoms with Crippen molar-refractivity contribution in [3.05, 3.63) is 40.4 Å². The van der Waals surface area contributed by atoms with Gasteiger partial charge in [0.15, 0.2) is 17.3 Å².